The lowest BCUT2D eigenvalue weighted by Crippen LogP contribution is -2.65. The van der Waals surface area contributed by atoms with Crippen LogP contribution in [0.1, 0.15) is 54.4 Å². The number of carbonyl (C=O) groups is 1. The van der Waals surface area contributed by atoms with Crippen molar-refractivity contribution in [2.75, 3.05) is 64.3 Å². The smallest absolute Gasteiger partial charge is 0.251 e. The first kappa shape index (κ1) is 35.0. The highest BCUT2D eigenvalue weighted by atomic mass is 32.2. The standard InChI is InChI=1S/C39H49F2N5O3S/c1-43-37(47)28-9-13-33(14-10-28)50(48,49)34-15-11-32(12-16-34)46-25-38(41,26-46)24-45-21-17-29(18-22-45)39(27-44-19-4-20-44,35-7-3-8-36(35)42)30-5-2-6-31(40)23-30/h2,5-6,9-16,23,29,35-36H,3-4,7-8,17-22,24-27,42H2,1H3,(H,43,47)/t35-,36-,39-/m0/s1. The first-order valence-electron chi connectivity index (χ1n) is 18.1. The van der Waals surface area contributed by atoms with Crippen LogP contribution in [-0.2, 0) is 15.3 Å². The van der Waals surface area contributed by atoms with Crippen molar-refractivity contribution in [2.24, 2.45) is 17.6 Å². The lowest BCUT2D eigenvalue weighted by molar-refractivity contribution is 0.00781. The van der Waals surface area contributed by atoms with Gasteiger partial charge in [-0.15, -0.1) is 0 Å². The molecule has 50 heavy (non-hydrogen) atoms. The molecule has 4 fully saturated rings. The van der Waals surface area contributed by atoms with E-state index in [9.17, 15) is 17.6 Å². The van der Waals surface area contributed by atoms with E-state index >= 15 is 4.39 Å². The molecule has 3 aliphatic heterocycles. The Morgan fingerprint density at radius 3 is 2.12 bits per heavy atom. The molecule has 8 nitrogen and oxygen atoms in total. The number of nitrogens with one attached hydrogen (secondary N) is 1. The van der Waals surface area contributed by atoms with Gasteiger partial charge in [0.2, 0.25) is 9.84 Å². The molecule has 3 N–H and O–H groups in total. The van der Waals surface area contributed by atoms with Crippen LogP contribution in [0.25, 0.3) is 0 Å². The fourth-order valence-electron chi connectivity index (χ4n) is 9.24. The molecule has 3 aromatic carbocycles. The minimum Gasteiger partial charge on any atom is -0.365 e. The second-order valence-corrected chi connectivity index (χ2v) is 17.0. The Morgan fingerprint density at radius 1 is 0.900 bits per heavy atom. The third-order valence-corrected chi connectivity index (χ3v) is 13.8. The Morgan fingerprint density at radius 2 is 1.56 bits per heavy atom. The Balaban J connectivity index is 0.988. The molecule has 4 aliphatic rings. The summed E-state index contributed by atoms with van der Waals surface area (Å²) < 4.78 is 57.3. The molecule has 1 amide bonds. The molecule has 1 aliphatic carbocycles. The monoisotopic (exact) mass is 705 g/mol. The third kappa shape index (κ3) is 6.69. The van der Waals surface area contributed by atoms with E-state index in [-0.39, 0.29) is 46.1 Å². The summed E-state index contributed by atoms with van der Waals surface area (Å²) in [5, 5.41) is 2.52. The lowest BCUT2D eigenvalue weighted by Gasteiger charge is -2.54. The maximum atomic E-state index is 16.1. The van der Waals surface area contributed by atoms with Crippen LogP contribution in [0.15, 0.2) is 82.6 Å². The van der Waals surface area contributed by atoms with Crippen LogP contribution in [0.4, 0.5) is 14.5 Å². The molecule has 0 radical (unpaired) electrons. The third-order valence-electron chi connectivity index (χ3n) is 12.0. The molecular formula is C39H49F2N5O3S. The van der Waals surface area contributed by atoms with Crippen LogP contribution in [0, 0.1) is 17.7 Å². The van der Waals surface area contributed by atoms with Crippen LogP contribution >= 0.6 is 0 Å². The zero-order valence-electron chi connectivity index (χ0n) is 28.9. The Bertz CT molecular complexity index is 1770. The minimum atomic E-state index is -3.77. The topological polar surface area (TPSA) is 99.0 Å². The first-order chi connectivity index (χ1) is 24.0. The zero-order chi connectivity index (χ0) is 35.1. The van der Waals surface area contributed by atoms with Gasteiger partial charge in [0, 0.05) is 42.8 Å². The van der Waals surface area contributed by atoms with E-state index in [1.54, 1.807) is 30.3 Å². The SMILES string of the molecule is CNC(=O)c1ccc(S(=O)(=O)c2ccc(N3CC(F)(CN4CCC([C@@](CN5CCC5)(c5cccc(F)c5)[C@H]5CCC[C@@H]5N)CC4)C3)cc2)cc1. The molecule has 0 spiro atoms. The number of rotatable bonds is 11. The van der Waals surface area contributed by atoms with E-state index in [4.69, 9.17) is 5.73 Å². The van der Waals surface area contributed by atoms with Crippen molar-refractivity contribution in [1.82, 2.24) is 15.1 Å². The molecule has 7 rings (SSSR count). The van der Waals surface area contributed by atoms with Crippen LogP contribution in [0.2, 0.25) is 0 Å². The highest BCUT2D eigenvalue weighted by molar-refractivity contribution is 7.91. The van der Waals surface area contributed by atoms with Gasteiger partial charge in [0.25, 0.3) is 5.91 Å². The molecule has 0 aromatic heterocycles. The van der Waals surface area contributed by atoms with Gasteiger partial charge in [-0.25, -0.2) is 17.2 Å². The van der Waals surface area contributed by atoms with E-state index in [0.717, 1.165) is 76.1 Å². The molecule has 1 saturated carbocycles. The van der Waals surface area contributed by atoms with Gasteiger partial charge in [-0.3, -0.25) is 9.69 Å². The Kier molecular flexibility index (Phi) is 9.79. The number of halogens is 2. The van der Waals surface area contributed by atoms with Crippen LogP contribution in [0.3, 0.4) is 0 Å². The van der Waals surface area contributed by atoms with E-state index in [2.05, 4.69) is 21.2 Å². The highest BCUT2D eigenvalue weighted by Gasteiger charge is 2.53. The van der Waals surface area contributed by atoms with Crippen molar-refractivity contribution in [3.63, 3.8) is 0 Å². The molecule has 0 bridgehead atoms. The zero-order valence-corrected chi connectivity index (χ0v) is 29.7. The van der Waals surface area contributed by atoms with Crippen molar-refractivity contribution in [3.05, 3.63) is 89.7 Å². The van der Waals surface area contributed by atoms with Gasteiger partial charge in [-0.05, 0) is 136 Å². The predicted molar refractivity (Wildman–Crippen MR) is 191 cm³/mol. The molecule has 3 saturated heterocycles. The van der Waals surface area contributed by atoms with Gasteiger partial charge >= 0.3 is 0 Å². The molecule has 0 unspecified atom stereocenters. The summed E-state index contributed by atoms with van der Waals surface area (Å²) >= 11 is 0. The summed E-state index contributed by atoms with van der Waals surface area (Å²) in [7, 11) is -2.25. The number of anilines is 1. The highest BCUT2D eigenvalue weighted by Crippen LogP contribution is 2.51. The number of nitrogens with two attached hydrogens (primary N) is 1. The largest absolute Gasteiger partial charge is 0.365 e. The number of piperidine rings is 1. The summed E-state index contributed by atoms with van der Waals surface area (Å²) in [4.78, 5) is 18.8. The number of likely N-dealkylation sites (tertiary alicyclic amines) is 2. The minimum absolute atomic E-state index is 0.101. The summed E-state index contributed by atoms with van der Waals surface area (Å²) in [6, 6.07) is 19.8. The lowest BCUT2D eigenvalue weighted by atomic mass is 9.58. The normalized spacial score (nSPS) is 24.3. The fourth-order valence-corrected chi connectivity index (χ4v) is 10.5. The number of benzene rings is 3. The van der Waals surface area contributed by atoms with Crippen molar-refractivity contribution < 1.29 is 22.0 Å². The predicted octanol–water partition coefficient (Wildman–Crippen LogP) is 5.03. The quantitative estimate of drug-likeness (QED) is 0.289. The van der Waals surface area contributed by atoms with Crippen molar-refractivity contribution in [2.45, 2.75) is 65.4 Å². The number of carbonyl (C=O) groups excluding carboxylic acids is 1. The average molecular weight is 706 g/mol. The van der Waals surface area contributed by atoms with Crippen molar-refractivity contribution >= 4 is 21.4 Å². The van der Waals surface area contributed by atoms with E-state index in [1.807, 2.05) is 11.0 Å². The van der Waals surface area contributed by atoms with Gasteiger partial charge in [0.1, 0.15) is 5.82 Å². The van der Waals surface area contributed by atoms with Gasteiger partial charge in [-0.2, -0.15) is 0 Å². The van der Waals surface area contributed by atoms with Gasteiger partial charge in [-0.1, -0.05) is 18.6 Å². The van der Waals surface area contributed by atoms with Gasteiger partial charge < -0.3 is 20.9 Å². The number of sulfone groups is 1. The summed E-state index contributed by atoms with van der Waals surface area (Å²) in [6.45, 7) is 5.51. The maximum Gasteiger partial charge on any atom is 0.251 e. The number of nitrogens with zero attached hydrogens (tertiary/aromatic N) is 3. The molecule has 3 heterocycles. The molecule has 11 heteroatoms. The summed E-state index contributed by atoms with van der Waals surface area (Å²) in [5.74, 6) is 0.155. The van der Waals surface area contributed by atoms with Gasteiger partial charge in [0.15, 0.2) is 5.67 Å². The molecule has 3 aromatic rings. The molecule has 3 atom stereocenters. The number of alkyl halides is 1. The number of hydrogen-bond donors (Lipinski definition) is 2. The van der Waals surface area contributed by atoms with Crippen LogP contribution in [0.5, 0.6) is 0 Å². The van der Waals surface area contributed by atoms with Crippen LogP contribution < -0.4 is 16.0 Å². The Hall–Kier alpha value is -3.38. The summed E-state index contributed by atoms with van der Waals surface area (Å²) in [5.41, 5.74) is 7.51. The average Bonchev–Trinajstić information content (AvgIpc) is 3.53. The van der Waals surface area contributed by atoms with E-state index in [0.29, 0.717) is 23.9 Å². The number of amides is 1. The fraction of sp³-hybridized carbons (Fsp3) is 0.513. The molecule has 268 valence electrons. The summed E-state index contributed by atoms with van der Waals surface area (Å²) in [6.07, 6.45) is 6.23. The van der Waals surface area contributed by atoms with E-state index < -0.39 is 15.5 Å². The van der Waals surface area contributed by atoms with Gasteiger partial charge in [0.05, 0.1) is 22.9 Å². The number of hydrogen-bond acceptors (Lipinski definition) is 7. The first-order valence-corrected chi connectivity index (χ1v) is 19.6. The molecular weight excluding hydrogens is 657 g/mol. The van der Waals surface area contributed by atoms with Crippen molar-refractivity contribution in [3.8, 4) is 0 Å². The van der Waals surface area contributed by atoms with Crippen LogP contribution in [-0.4, -0.2) is 95.2 Å². The second-order valence-electron chi connectivity index (χ2n) is 15.0. The Labute approximate surface area is 294 Å². The maximum absolute atomic E-state index is 16.1. The van der Waals surface area contributed by atoms with E-state index in [1.165, 1.54) is 43.8 Å². The second kappa shape index (κ2) is 14.0. The van der Waals surface area contributed by atoms with Crippen molar-refractivity contribution in [1.29, 1.82) is 0 Å².